The Morgan fingerprint density at radius 3 is 2.47 bits per heavy atom. The van der Waals surface area contributed by atoms with E-state index in [1.54, 1.807) is 0 Å². The molecule has 0 aliphatic rings. The normalized spacial score (nSPS) is 13.0. The zero-order chi connectivity index (χ0) is 11.5. The number of hydrogen-bond acceptors (Lipinski definition) is 0. The minimum absolute atomic E-state index is 0.865. The molecule has 0 nitrogen and oxygen atoms in total. The molecule has 0 saturated carbocycles. The lowest BCUT2D eigenvalue weighted by atomic mass is 10.1. The summed E-state index contributed by atoms with van der Waals surface area (Å²) in [6.45, 7) is 9.01. The van der Waals surface area contributed by atoms with Gasteiger partial charge in [0.1, 0.15) is 0 Å². The van der Waals surface area contributed by atoms with Crippen LogP contribution in [0.5, 0.6) is 0 Å². The van der Waals surface area contributed by atoms with E-state index in [9.17, 15) is 0 Å². The van der Waals surface area contributed by atoms with Gasteiger partial charge in [-0.2, -0.15) is 0 Å². The lowest BCUT2D eigenvalue weighted by Gasteiger charge is -2.01. The summed E-state index contributed by atoms with van der Waals surface area (Å²) in [7, 11) is 0. The van der Waals surface area contributed by atoms with E-state index < -0.39 is 0 Å². The highest BCUT2D eigenvalue weighted by atomic mass is 14.0. The first-order chi connectivity index (χ1) is 7.16. The third-order valence-corrected chi connectivity index (χ3v) is 2.56. The van der Waals surface area contributed by atoms with E-state index >= 15 is 0 Å². The maximum Gasteiger partial charge on any atom is -0.0142 e. The van der Waals surface area contributed by atoms with Gasteiger partial charge in [0.25, 0.3) is 0 Å². The Balaban J connectivity index is 3.35. The molecule has 0 radical (unpaired) electrons. The molecule has 0 unspecified atom stereocenters. The summed E-state index contributed by atoms with van der Waals surface area (Å²) in [5.74, 6) is 0.865. The molecule has 0 heterocycles. The van der Waals surface area contributed by atoms with Crippen LogP contribution in [0.1, 0.15) is 66.2 Å². The van der Waals surface area contributed by atoms with Crippen LogP contribution in [0.2, 0.25) is 0 Å². The van der Waals surface area contributed by atoms with Gasteiger partial charge < -0.3 is 0 Å². The summed E-state index contributed by atoms with van der Waals surface area (Å²) in [6.07, 6.45) is 14.6. The van der Waals surface area contributed by atoms with Crippen LogP contribution >= 0.6 is 0 Å². The summed E-state index contributed by atoms with van der Waals surface area (Å²) in [5, 5.41) is 0. The van der Waals surface area contributed by atoms with Crippen molar-refractivity contribution >= 4 is 0 Å². The molecule has 0 atom stereocenters. The minimum Gasteiger partial charge on any atom is -0.0882 e. The monoisotopic (exact) mass is 208 g/mol. The summed E-state index contributed by atoms with van der Waals surface area (Å²) >= 11 is 0. The van der Waals surface area contributed by atoms with E-state index in [1.807, 2.05) is 0 Å². The predicted octanol–water partition coefficient (Wildman–Crippen LogP) is 5.51. The van der Waals surface area contributed by atoms with E-state index in [1.165, 1.54) is 31.3 Å². The fourth-order valence-electron chi connectivity index (χ4n) is 1.63. The highest BCUT2D eigenvalue weighted by molar-refractivity contribution is 5.03. The van der Waals surface area contributed by atoms with Crippen molar-refractivity contribution in [2.24, 2.45) is 5.92 Å². The van der Waals surface area contributed by atoms with Crippen molar-refractivity contribution in [3.8, 4) is 0 Å². The Morgan fingerprint density at radius 2 is 1.87 bits per heavy atom. The summed E-state index contributed by atoms with van der Waals surface area (Å²) < 4.78 is 0. The summed E-state index contributed by atoms with van der Waals surface area (Å²) in [6, 6.07) is 0. The summed E-state index contributed by atoms with van der Waals surface area (Å²) in [5.41, 5.74) is 1.50. The largest absolute Gasteiger partial charge is 0.0882 e. The maximum absolute atomic E-state index is 2.34. The van der Waals surface area contributed by atoms with Crippen LogP contribution in [0, 0.1) is 5.92 Å². The molecule has 0 fully saturated rings. The lowest BCUT2D eigenvalue weighted by Crippen LogP contribution is -1.85. The standard InChI is InChI=1S/C15H28/c1-5-11-15(4)13-10-8-6-7-9-12-14(2)3/h8,10-11,14H,5-7,9,12-13H2,1-4H3. The zero-order valence-electron chi connectivity index (χ0n) is 11.1. The fourth-order valence-corrected chi connectivity index (χ4v) is 1.63. The maximum atomic E-state index is 2.34. The van der Waals surface area contributed by atoms with Gasteiger partial charge in [0, 0.05) is 0 Å². The molecule has 0 aliphatic heterocycles. The average molecular weight is 208 g/mol. The first-order valence-corrected chi connectivity index (χ1v) is 6.47. The SMILES string of the molecule is CCC=C(C)CC=CCCCCC(C)C. The third-order valence-electron chi connectivity index (χ3n) is 2.56. The van der Waals surface area contributed by atoms with Crippen molar-refractivity contribution in [2.75, 3.05) is 0 Å². The van der Waals surface area contributed by atoms with Crippen LogP contribution in [0.4, 0.5) is 0 Å². The van der Waals surface area contributed by atoms with Crippen molar-refractivity contribution in [1.82, 2.24) is 0 Å². The molecule has 0 aromatic heterocycles. The van der Waals surface area contributed by atoms with E-state index in [-0.39, 0.29) is 0 Å². The molecule has 0 aromatic carbocycles. The second kappa shape index (κ2) is 10.0. The van der Waals surface area contributed by atoms with Crippen LogP contribution in [-0.4, -0.2) is 0 Å². The molecule has 0 N–H and O–H groups in total. The molecule has 0 heteroatoms. The Morgan fingerprint density at radius 1 is 1.13 bits per heavy atom. The van der Waals surface area contributed by atoms with Crippen molar-refractivity contribution in [1.29, 1.82) is 0 Å². The van der Waals surface area contributed by atoms with Gasteiger partial charge in [-0.25, -0.2) is 0 Å². The Kier molecular flexibility index (Phi) is 9.67. The smallest absolute Gasteiger partial charge is 0.0142 e. The second-order valence-corrected chi connectivity index (χ2v) is 4.81. The van der Waals surface area contributed by atoms with Crippen molar-refractivity contribution < 1.29 is 0 Å². The molecule has 0 aromatic rings. The number of unbranched alkanes of at least 4 members (excludes halogenated alkanes) is 2. The molecule has 15 heavy (non-hydrogen) atoms. The highest BCUT2D eigenvalue weighted by Crippen LogP contribution is 2.09. The fraction of sp³-hybridized carbons (Fsp3) is 0.733. The van der Waals surface area contributed by atoms with Gasteiger partial charge in [-0.1, -0.05) is 57.4 Å². The zero-order valence-corrected chi connectivity index (χ0v) is 11.1. The second-order valence-electron chi connectivity index (χ2n) is 4.81. The van der Waals surface area contributed by atoms with Gasteiger partial charge in [-0.05, 0) is 38.5 Å². The van der Waals surface area contributed by atoms with E-state index in [2.05, 4.69) is 45.9 Å². The first kappa shape index (κ1) is 14.5. The Bertz CT molecular complexity index is 184. The minimum atomic E-state index is 0.865. The molecule has 0 rings (SSSR count). The van der Waals surface area contributed by atoms with Gasteiger partial charge in [-0.15, -0.1) is 0 Å². The topological polar surface area (TPSA) is 0 Å². The number of allylic oxidation sites excluding steroid dienone is 4. The van der Waals surface area contributed by atoms with E-state index in [0.717, 1.165) is 18.8 Å². The van der Waals surface area contributed by atoms with E-state index in [0.29, 0.717) is 0 Å². The van der Waals surface area contributed by atoms with Crippen molar-refractivity contribution in [2.45, 2.75) is 66.2 Å². The van der Waals surface area contributed by atoms with Crippen LogP contribution in [0.25, 0.3) is 0 Å². The molecular weight excluding hydrogens is 180 g/mol. The molecule has 0 amide bonds. The molecular formula is C15H28. The summed E-state index contributed by atoms with van der Waals surface area (Å²) in [4.78, 5) is 0. The molecule has 0 aliphatic carbocycles. The van der Waals surface area contributed by atoms with Gasteiger partial charge in [-0.3, -0.25) is 0 Å². The quantitative estimate of drug-likeness (QED) is 0.365. The van der Waals surface area contributed by atoms with Crippen LogP contribution < -0.4 is 0 Å². The van der Waals surface area contributed by atoms with E-state index in [4.69, 9.17) is 0 Å². The average Bonchev–Trinajstić information content (AvgIpc) is 2.16. The van der Waals surface area contributed by atoms with Gasteiger partial charge in [0.05, 0.1) is 0 Å². The van der Waals surface area contributed by atoms with Crippen LogP contribution in [0.3, 0.4) is 0 Å². The Labute approximate surface area is 96.5 Å². The van der Waals surface area contributed by atoms with Crippen LogP contribution in [0.15, 0.2) is 23.8 Å². The van der Waals surface area contributed by atoms with Gasteiger partial charge in [0.2, 0.25) is 0 Å². The lowest BCUT2D eigenvalue weighted by molar-refractivity contribution is 0.540. The van der Waals surface area contributed by atoms with Gasteiger partial charge >= 0.3 is 0 Å². The first-order valence-electron chi connectivity index (χ1n) is 6.47. The molecule has 0 spiro atoms. The van der Waals surface area contributed by atoms with Crippen molar-refractivity contribution in [3.05, 3.63) is 23.8 Å². The number of rotatable bonds is 8. The Hall–Kier alpha value is -0.520. The van der Waals surface area contributed by atoms with Crippen molar-refractivity contribution in [3.63, 3.8) is 0 Å². The van der Waals surface area contributed by atoms with Gasteiger partial charge in [0.15, 0.2) is 0 Å². The predicted molar refractivity (Wildman–Crippen MR) is 71.1 cm³/mol. The number of hydrogen-bond donors (Lipinski definition) is 0. The third kappa shape index (κ3) is 11.4. The molecule has 0 saturated heterocycles. The highest BCUT2D eigenvalue weighted by Gasteiger charge is 1.92. The molecule has 88 valence electrons. The molecule has 0 bridgehead atoms. The van der Waals surface area contributed by atoms with Crippen LogP contribution in [-0.2, 0) is 0 Å².